The van der Waals surface area contributed by atoms with E-state index in [9.17, 15) is 0 Å². The zero-order valence-electron chi connectivity index (χ0n) is 42.1. The van der Waals surface area contributed by atoms with Gasteiger partial charge in [-0.15, -0.1) is 0 Å². The summed E-state index contributed by atoms with van der Waals surface area (Å²) in [6.45, 7) is 12.2. The normalized spacial score (nSPS) is 15.7. The molecule has 4 nitrogen and oxygen atoms in total. The van der Waals surface area contributed by atoms with Crippen molar-refractivity contribution in [3.63, 3.8) is 0 Å². The second-order valence-corrected chi connectivity index (χ2v) is 17.3. The second-order valence-electron chi connectivity index (χ2n) is 17.3. The van der Waals surface area contributed by atoms with Crippen LogP contribution in [0.25, 0.3) is 51.0 Å². The van der Waals surface area contributed by atoms with Crippen molar-refractivity contribution < 1.29 is 0 Å². The maximum absolute atomic E-state index is 5.38. The van der Waals surface area contributed by atoms with E-state index in [1.165, 1.54) is 22.3 Å². The Morgan fingerprint density at radius 1 is 0.681 bits per heavy atom. The maximum Gasteiger partial charge on any atom is 0.161 e. The van der Waals surface area contributed by atoms with Crippen molar-refractivity contribution in [2.75, 3.05) is 7.05 Å². The van der Waals surface area contributed by atoms with Crippen molar-refractivity contribution in [2.24, 2.45) is 15.0 Å². The maximum atomic E-state index is 5.38. The highest BCUT2D eigenvalue weighted by Crippen LogP contribution is 2.35. The van der Waals surface area contributed by atoms with Gasteiger partial charge in [0.2, 0.25) is 0 Å². The Balaban J connectivity index is 0.00000250. The van der Waals surface area contributed by atoms with Crippen LogP contribution in [0.1, 0.15) is 80.7 Å². The van der Waals surface area contributed by atoms with Gasteiger partial charge in [-0.3, -0.25) is 4.99 Å². The summed E-state index contributed by atoms with van der Waals surface area (Å²) in [5.74, 6) is 1.25. The van der Waals surface area contributed by atoms with E-state index in [0.717, 1.165) is 90.8 Å². The fraction of sp³-hybridized carbons (Fsp3) is 0.134. The van der Waals surface area contributed by atoms with Crippen molar-refractivity contribution in [2.45, 2.75) is 52.9 Å². The molecule has 358 valence electrons. The molecule has 5 heteroatoms. The topological polar surface area (TPSA) is 50.0 Å². The van der Waals surface area contributed by atoms with Gasteiger partial charge in [-0.25, -0.2) is 15.0 Å². The van der Waals surface area contributed by atoms with Crippen LogP contribution in [0, 0.1) is 0 Å². The molecule has 7 aromatic rings. The number of benzene rings is 6. The first-order chi connectivity index (χ1) is 35.0. The lowest BCUT2D eigenvalue weighted by molar-refractivity contribution is 0.847. The van der Waals surface area contributed by atoms with Crippen LogP contribution in [-0.4, -0.2) is 29.9 Å². The number of pyridine rings is 1. The number of allylic oxidation sites excluding steroid dienone is 13. The quantitative estimate of drug-likeness (QED) is 0.0724. The zero-order chi connectivity index (χ0) is 49.4. The van der Waals surface area contributed by atoms with Crippen LogP contribution < -0.4 is 10.4 Å². The predicted octanol–water partition coefficient (Wildman–Crippen LogP) is 15.7. The molecule has 2 aliphatic carbocycles. The van der Waals surface area contributed by atoms with Crippen molar-refractivity contribution in [1.29, 1.82) is 0 Å². The molecule has 1 heterocycles. The van der Waals surface area contributed by atoms with Crippen LogP contribution in [0.5, 0.6) is 0 Å². The minimum absolute atomic E-state index is 0. The number of fused-ring (bicyclic) bond motifs is 1. The van der Waals surface area contributed by atoms with Crippen LogP contribution >= 0.6 is 13.5 Å². The third kappa shape index (κ3) is 12.9. The molecule has 0 spiro atoms. The van der Waals surface area contributed by atoms with Gasteiger partial charge in [0.05, 0.1) is 11.2 Å². The Labute approximate surface area is 434 Å². The molecule has 0 amide bonds. The van der Waals surface area contributed by atoms with E-state index < -0.39 is 0 Å². The summed E-state index contributed by atoms with van der Waals surface area (Å²) in [5, 5.41) is 3.39. The summed E-state index contributed by atoms with van der Waals surface area (Å²) in [7, 11) is 1.82. The lowest BCUT2D eigenvalue weighted by Crippen LogP contribution is -2.23. The number of aromatic nitrogens is 1. The number of nitrogens with zero attached hydrogens (tertiary/aromatic N) is 4. The fourth-order valence-corrected chi connectivity index (χ4v) is 9.02. The average molecular weight is 957 g/mol. The molecule has 9 rings (SSSR count). The van der Waals surface area contributed by atoms with Crippen LogP contribution in [0.4, 0.5) is 0 Å². The Morgan fingerprint density at radius 2 is 1.43 bits per heavy atom. The smallest absolute Gasteiger partial charge is 0.161 e. The third-order valence-corrected chi connectivity index (χ3v) is 12.6. The number of hydrogen-bond donors (Lipinski definition) is 0. The minimum Gasteiger partial charge on any atom is -0.270 e. The van der Waals surface area contributed by atoms with Gasteiger partial charge < -0.3 is 0 Å². The SMILES string of the molecule is C=C\C=c1/cccc/c1=C/C(C1=CCC(c2cc(C(=NC)N=C(N=Cc3cccc(-c4ccccc4)c3)c3cccc(C4=CCCC=C4)c3)cc(-c3ccc4ccccc4n3)c2)C=C1)=C(C)/C=C\C.CC.S. The van der Waals surface area contributed by atoms with Crippen molar-refractivity contribution in [3.8, 4) is 22.4 Å². The van der Waals surface area contributed by atoms with Gasteiger partial charge in [-0.05, 0) is 142 Å². The molecule has 2 aliphatic rings. The monoisotopic (exact) mass is 956 g/mol. The number of para-hydroxylation sites is 1. The van der Waals surface area contributed by atoms with Gasteiger partial charge >= 0.3 is 0 Å². The Kier molecular flexibility index (Phi) is 18.5. The molecule has 0 radical (unpaired) electrons. The van der Waals surface area contributed by atoms with E-state index in [1.54, 1.807) is 0 Å². The largest absolute Gasteiger partial charge is 0.270 e. The highest BCUT2D eigenvalue weighted by Gasteiger charge is 2.19. The summed E-state index contributed by atoms with van der Waals surface area (Å²) in [4.78, 5) is 20.6. The fourth-order valence-electron chi connectivity index (χ4n) is 9.02. The van der Waals surface area contributed by atoms with E-state index >= 15 is 0 Å². The van der Waals surface area contributed by atoms with E-state index in [1.807, 2.05) is 45.3 Å². The van der Waals surface area contributed by atoms with Crippen LogP contribution in [0.3, 0.4) is 0 Å². The Hall–Kier alpha value is -7.99. The molecular weight excluding hydrogens is 893 g/mol. The number of rotatable bonds is 11. The van der Waals surface area contributed by atoms with Gasteiger partial charge in [-0.1, -0.05) is 196 Å². The molecule has 0 bridgehead atoms. The first-order valence-electron chi connectivity index (χ1n) is 24.8. The highest BCUT2D eigenvalue weighted by atomic mass is 32.1. The van der Waals surface area contributed by atoms with Gasteiger partial charge in [0.1, 0.15) is 0 Å². The lowest BCUT2D eigenvalue weighted by Gasteiger charge is -2.20. The molecule has 0 saturated heterocycles. The number of hydrogen-bond acceptors (Lipinski definition) is 2. The summed E-state index contributed by atoms with van der Waals surface area (Å²) in [5.41, 5.74) is 15.0. The Morgan fingerprint density at radius 3 is 2.19 bits per heavy atom. The summed E-state index contributed by atoms with van der Waals surface area (Å²) in [6, 6.07) is 55.1. The summed E-state index contributed by atoms with van der Waals surface area (Å²) in [6.07, 6.45) is 29.1. The predicted molar refractivity (Wildman–Crippen MR) is 317 cm³/mol. The summed E-state index contributed by atoms with van der Waals surface area (Å²) >= 11 is 0. The third-order valence-electron chi connectivity index (χ3n) is 12.6. The average Bonchev–Trinajstić information content (AvgIpc) is 3.44. The molecular formula is C67H64N4S. The van der Waals surface area contributed by atoms with Crippen LogP contribution in [-0.2, 0) is 0 Å². The molecule has 1 unspecified atom stereocenters. The molecule has 6 aromatic carbocycles. The van der Waals surface area contributed by atoms with Crippen LogP contribution in [0.2, 0.25) is 0 Å². The van der Waals surface area contributed by atoms with E-state index in [4.69, 9.17) is 20.0 Å². The first-order valence-corrected chi connectivity index (χ1v) is 24.8. The van der Waals surface area contributed by atoms with Crippen molar-refractivity contribution in [3.05, 3.63) is 274 Å². The number of amidine groups is 2. The van der Waals surface area contributed by atoms with Gasteiger partial charge in [0.25, 0.3) is 0 Å². The molecule has 1 aromatic heterocycles. The van der Waals surface area contributed by atoms with Gasteiger partial charge in [0, 0.05) is 41.3 Å². The van der Waals surface area contributed by atoms with E-state index in [0.29, 0.717) is 11.7 Å². The van der Waals surface area contributed by atoms with Crippen LogP contribution in [0.15, 0.2) is 251 Å². The summed E-state index contributed by atoms with van der Waals surface area (Å²) < 4.78 is 0. The molecule has 0 N–H and O–H groups in total. The Bertz CT molecular complexity index is 3470. The molecule has 72 heavy (non-hydrogen) atoms. The van der Waals surface area contributed by atoms with E-state index in [-0.39, 0.29) is 19.4 Å². The molecule has 0 fully saturated rings. The van der Waals surface area contributed by atoms with Crippen molar-refractivity contribution in [1.82, 2.24) is 4.98 Å². The second kappa shape index (κ2) is 25.7. The molecule has 1 atom stereocenters. The van der Waals surface area contributed by atoms with Gasteiger partial charge in [0.15, 0.2) is 11.7 Å². The lowest BCUT2D eigenvalue weighted by atomic mass is 9.85. The molecule has 0 aliphatic heterocycles. The minimum atomic E-state index is 0. The number of aliphatic imine (C=N–C) groups is 3. The zero-order valence-corrected chi connectivity index (χ0v) is 43.1. The first kappa shape index (κ1) is 51.8. The van der Waals surface area contributed by atoms with E-state index in [2.05, 4.69) is 227 Å². The van der Waals surface area contributed by atoms with Crippen molar-refractivity contribution >= 4 is 60.0 Å². The molecule has 0 saturated carbocycles. The highest BCUT2D eigenvalue weighted by molar-refractivity contribution is 7.59. The standard InChI is InChI=1S/C65H56N4.C2H6.H2S/c1-5-19-46(3)61(44-56-28-14-13-26-48(56)20-6-2)52-35-33-51(34-36-52)58-41-59(63-38-37-53-27-15-16-32-62(53)68-63)43-60(42-58)64(66-4)69-65(57-31-18-30-55(40-57)50-24-11-8-12-25-50)67-45-47-21-17-29-54(39-47)49-22-9-7-10-23-49;1-2;/h5-7,9-11,13-33,35-45,51H,2,8,12,34H2,1,3-4H3;1-2H3;1H2/b19-5-,48-20+,56-44-,61-46-,66-64?,67-45?,69-65?;;. The van der Waals surface area contributed by atoms with Gasteiger partial charge in [-0.2, -0.15) is 13.5 Å².